The summed E-state index contributed by atoms with van der Waals surface area (Å²) >= 11 is 1.61. The summed E-state index contributed by atoms with van der Waals surface area (Å²) in [5.74, 6) is -1.96. The van der Waals surface area contributed by atoms with Crippen LogP contribution in [0.5, 0.6) is 5.75 Å². The van der Waals surface area contributed by atoms with E-state index in [9.17, 15) is 14.7 Å². The fourth-order valence-electron chi connectivity index (χ4n) is 1.80. The van der Waals surface area contributed by atoms with Gasteiger partial charge in [0.25, 0.3) is 0 Å². The van der Waals surface area contributed by atoms with Crippen LogP contribution in [0, 0.1) is 0 Å². The largest absolute Gasteiger partial charge is 0.507 e. The van der Waals surface area contributed by atoms with Gasteiger partial charge in [0.1, 0.15) is 11.3 Å². The molecule has 0 saturated carbocycles. The average molecular weight is 317 g/mol. The van der Waals surface area contributed by atoms with Gasteiger partial charge in [-0.3, -0.25) is 4.79 Å². The molecule has 1 amide bonds. The van der Waals surface area contributed by atoms with Gasteiger partial charge in [-0.1, -0.05) is 6.92 Å². The van der Waals surface area contributed by atoms with Gasteiger partial charge in [-0.2, -0.15) is 0 Å². The smallest absolute Gasteiger partial charge is 0.339 e. The summed E-state index contributed by atoms with van der Waals surface area (Å²) in [5, 5.41) is 20.9. The lowest BCUT2D eigenvalue weighted by molar-refractivity contribution is -0.111. The van der Waals surface area contributed by atoms with Crippen molar-refractivity contribution in [2.75, 3.05) is 5.32 Å². The number of carboxylic acids is 1. The van der Waals surface area contributed by atoms with E-state index in [4.69, 9.17) is 5.11 Å². The van der Waals surface area contributed by atoms with E-state index < -0.39 is 5.97 Å². The van der Waals surface area contributed by atoms with Crippen molar-refractivity contribution < 1.29 is 19.8 Å². The van der Waals surface area contributed by atoms with Gasteiger partial charge in [0.2, 0.25) is 5.91 Å². The molecule has 0 spiro atoms. The third-order valence-electron chi connectivity index (χ3n) is 2.92. The minimum Gasteiger partial charge on any atom is -0.507 e. The molecule has 0 fully saturated rings. The number of amides is 1. The molecule has 1 heterocycles. The SMILES string of the molecule is CCc1ccc(C=CC(=O)Nc2ccc(O)c(C(=O)O)c2)s1. The topological polar surface area (TPSA) is 86.6 Å². The van der Waals surface area contributed by atoms with Crippen molar-refractivity contribution in [1.29, 1.82) is 0 Å². The maximum absolute atomic E-state index is 11.8. The normalized spacial score (nSPS) is 10.8. The average Bonchev–Trinajstić information content (AvgIpc) is 2.95. The van der Waals surface area contributed by atoms with Gasteiger partial charge in [-0.25, -0.2) is 4.79 Å². The quantitative estimate of drug-likeness (QED) is 0.583. The van der Waals surface area contributed by atoms with Gasteiger partial charge in [0, 0.05) is 21.5 Å². The van der Waals surface area contributed by atoms with Gasteiger partial charge >= 0.3 is 5.97 Å². The summed E-state index contributed by atoms with van der Waals surface area (Å²) in [7, 11) is 0. The fraction of sp³-hybridized carbons (Fsp3) is 0.125. The van der Waals surface area contributed by atoms with E-state index in [0.29, 0.717) is 5.69 Å². The number of nitrogens with one attached hydrogen (secondary N) is 1. The van der Waals surface area contributed by atoms with Crippen molar-refractivity contribution in [1.82, 2.24) is 0 Å². The van der Waals surface area contributed by atoms with Gasteiger partial charge in [0.15, 0.2) is 0 Å². The summed E-state index contributed by atoms with van der Waals surface area (Å²) in [6, 6.07) is 7.84. The van der Waals surface area contributed by atoms with Crippen molar-refractivity contribution in [2.45, 2.75) is 13.3 Å². The van der Waals surface area contributed by atoms with Gasteiger partial charge in [-0.15, -0.1) is 11.3 Å². The Balaban J connectivity index is 2.05. The second kappa shape index (κ2) is 6.91. The molecule has 0 radical (unpaired) electrons. The van der Waals surface area contributed by atoms with Crippen LogP contribution in [0.25, 0.3) is 6.08 Å². The number of benzene rings is 1. The molecule has 0 unspecified atom stereocenters. The lowest BCUT2D eigenvalue weighted by Crippen LogP contribution is -2.08. The molecule has 0 aliphatic heterocycles. The Morgan fingerprint density at radius 2 is 2.05 bits per heavy atom. The maximum atomic E-state index is 11.8. The number of rotatable bonds is 5. The molecular weight excluding hydrogens is 302 g/mol. The Morgan fingerprint density at radius 3 is 2.68 bits per heavy atom. The summed E-state index contributed by atoms with van der Waals surface area (Å²) in [4.78, 5) is 25.0. The molecule has 3 N–H and O–H groups in total. The monoisotopic (exact) mass is 317 g/mol. The van der Waals surface area contributed by atoms with Crippen molar-refractivity contribution in [3.05, 3.63) is 51.7 Å². The molecule has 0 bridgehead atoms. The first-order chi connectivity index (χ1) is 10.5. The number of phenols is 1. The maximum Gasteiger partial charge on any atom is 0.339 e. The van der Waals surface area contributed by atoms with Gasteiger partial charge < -0.3 is 15.5 Å². The number of aryl methyl sites for hydroxylation is 1. The first-order valence-corrected chi connectivity index (χ1v) is 7.45. The summed E-state index contributed by atoms with van der Waals surface area (Å²) in [6.45, 7) is 2.07. The number of carbonyl (C=O) groups is 2. The van der Waals surface area contributed by atoms with Gasteiger partial charge in [0.05, 0.1) is 0 Å². The van der Waals surface area contributed by atoms with Crippen LogP contribution in [0.2, 0.25) is 0 Å². The third kappa shape index (κ3) is 3.95. The Kier molecular flexibility index (Phi) is 4.95. The number of anilines is 1. The van der Waals surface area contributed by atoms with Crippen LogP contribution in [0.15, 0.2) is 36.4 Å². The van der Waals surface area contributed by atoms with Crippen molar-refractivity contribution in [2.24, 2.45) is 0 Å². The Labute approximate surface area is 131 Å². The summed E-state index contributed by atoms with van der Waals surface area (Å²) in [6.07, 6.45) is 4.05. The van der Waals surface area contributed by atoms with E-state index in [1.807, 2.05) is 12.1 Å². The highest BCUT2D eigenvalue weighted by atomic mass is 32.1. The molecule has 2 rings (SSSR count). The highest BCUT2D eigenvalue weighted by Crippen LogP contribution is 2.22. The first kappa shape index (κ1) is 15.8. The number of carbonyl (C=O) groups excluding carboxylic acids is 1. The van der Waals surface area contributed by atoms with Crippen LogP contribution in [0.3, 0.4) is 0 Å². The molecule has 0 aliphatic carbocycles. The highest BCUT2D eigenvalue weighted by molar-refractivity contribution is 7.12. The number of aromatic carboxylic acids is 1. The number of thiophene rings is 1. The van der Waals surface area contributed by atoms with Crippen LogP contribution in [0.4, 0.5) is 5.69 Å². The number of aromatic hydroxyl groups is 1. The second-order valence-electron chi connectivity index (χ2n) is 4.52. The zero-order valence-corrected chi connectivity index (χ0v) is 12.7. The number of carboxylic acid groups (broad SMARTS) is 1. The Morgan fingerprint density at radius 1 is 1.27 bits per heavy atom. The highest BCUT2D eigenvalue weighted by Gasteiger charge is 2.10. The number of hydrogen-bond acceptors (Lipinski definition) is 4. The van der Waals surface area contributed by atoms with Crippen LogP contribution in [0.1, 0.15) is 27.0 Å². The second-order valence-corrected chi connectivity index (χ2v) is 5.72. The molecule has 2 aromatic rings. The van der Waals surface area contributed by atoms with E-state index in [1.165, 1.54) is 29.2 Å². The summed E-state index contributed by atoms with van der Waals surface area (Å²) < 4.78 is 0. The minimum atomic E-state index is -1.25. The van der Waals surface area contributed by atoms with Crippen LogP contribution < -0.4 is 5.32 Å². The first-order valence-electron chi connectivity index (χ1n) is 6.63. The molecule has 5 nitrogen and oxygen atoms in total. The lowest BCUT2D eigenvalue weighted by atomic mass is 10.2. The molecule has 0 aliphatic rings. The molecule has 6 heteroatoms. The molecule has 1 aromatic carbocycles. The zero-order chi connectivity index (χ0) is 16.1. The minimum absolute atomic E-state index is 0.257. The molecule has 1 aromatic heterocycles. The Hall–Kier alpha value is -2.60. The van der Waals surface area contributed by atoms with Crippen LogP contribution in [-0.4, -0.2) is 22.1 Å². The third-order valence-corrected chi connectivity index (χ3v) is 4.12. The predicted octanol–water partition coefficient (Wildman–Crippen LogP) is 3.37. The van der Waals surface area contributed by atoms with E-state index in [1.54, 1.807) is 17.4 Å². The van der Waals surface area contributed by atoms with Crippen molar-refractivity contribution >= 4 is 35.0 Å². The number of hydrogen-bond donors (Lipinski definition) is 3. The lowest BCUT2D eigenvalue weighted by Gasteiger charge is -2.05. The molecule has 0 saturated heterocycles. The molecular formula is C16H15NO4S. The molecule has 0 atom stereocenters. The van der Waals surface area contributed by atoms with E-state index >= 15 is 0 Å². The van der Waals surface area contributed by atoms with Gasteiger partial charge in [-0.05, 0) is 42.8 Å². The summed E-state index contributed by atoms with van der Waals surface area (Å²) in [5.41, 5.74) is 0.0536. The fourth-order valence-corrected chi connectivity index (χ4v) is 2.66. The molecule has 22 heavy (non-hydrogen) atoms. The zero-order valence-electron chi connectivity index (χ0n) is 11.9. The van der Waals surface area contributed by atoms with E-state index in [0.717, 1.165) is 11.3 Å². The van der Waals surface area contributed by atoms with Crippen LogP contribution >= 0.6 is 11.3 Å². The van der Waals surface area contributed by atoms with Crippen LogP contribution in [-0.2, 0) is 11.2 Å². The Bertz CT molecular complexity index is 733. The van der Waals surface area contributed by atoms with E-state index in [2.05, 4.69) is 12.2 Å². The molecule has 114 valence electrons. The predicted molar refractivity (Wildman–Crippen MR) is 86.4 cm³/mol. The standard InChI is InChI=1S/C16H15NO4S/c1-2-11-4-5-12(22-11)6-8-15(19)17-10-3-7-14(18)13(9-10)16(20)21/h3-9,18H,2H2,1H3,(H,17,19)(H,20,21). The van der Waals surface area contributed by atoms with Crippen molar-refractivity contribution in [3.8, 4) is 5.75 Å². The van der Waals surface area contributed by atoms with Crippen molar-refractivity contribution in [3.63, 3.8) is 0 Å². The van der Waals surface area contributed by atoms with E-state index in [-0.39, 0.29) is 17.2 Å².